The van der Waals surface area contributed by atoms with Crippen molar-refractivity contribution in [2.75, 3.05) is 26.0 Å². The first-order chi connectivity index (χ1) is 12.2. The summed E-state index contributed by atoms with van der Waals surface area (Å²) in [4.78, 5) is 37.9. The maximum absolute atomic E-state index is 13.0. The zero-order valence-electron chi connectivity index (χ0n) is 15.5. The molecule has 1 aromatic carbocycles. The lowest BCUT2D eigenvalue weighted by molar-refractivity contribution is -0.384. The van der Waals surface area contributed by atoms with Crippen LogP contribution in [-0.4, -0.2) is 47.7 Å². The third kappa shape index (κ3) is 4.35. The molecule has 0 bridgehead atoms. The van der Waals surface area contributed by atoms with Crippen molar-refractivity contribution in [2.24, 2.45) is 11.3 Å². The van der Waals surface area contributed by atoms with E-state index in [9.17, 15) is 19.7 Å². The largest absolute Gasteiger partial charge is 0.469 e. The van der Waals surface area contributed by atoms with Gasteiger partial charge in [-0.25, -0.2) is 0 Å². The van der Waals surface area contributed by atoms with Crippen LogP contribution in [0.4, 0.5) is 5.69 Å². The van der Waals surface area contributed by atoms with Gasteiger partial charge in [0.2, 0.25) is 0 Å². The number of esters is 1. The van der Waals surface area contributed by atoms with Gasteiger partial charge in [0.15, 0.2) is 0 Å². The number of methoxy groups -OCH3 is 1. The van der Waals surface area contributed by atoms with E-state index in [4.69, 9.17) is 4.74 Å². The zero-order chi connectivity index (χ0) is 19.5. The number of carbonyl (C=O) groups excluding carboxylic acids is 2. The number of nitro benzene ring substituents is 1. The average Bonchev–Trinajstić information content (AvgIpc) is 3.01. The number of nitro groups is 1. The molecule has 1 saturated heterocycles. The van der Waals surface area contributed by atoms with Crippen molar-refractivity contribution >= 4 is 29.3 Å². The van der Waals surface area contributed by atoms with Crippen LogP contribution in [0, 0.1) is 21.4 Å². The summed E-state index contributed by atoms with van der Waals surface area (Å²) in [5.74, 6) is 0.596. The Morgan fingerprint density at radius 2 is 2.12 bits per heavy atom. The quantitative estimate of drug-likeness (QED) is 0.325. The van der Waals surface area contributed by atoms with Crippen LogP contribution < -0.4 is 0 Å². The van der Waals surface area contributed by atoms with Gasteiger partial charge in [-0.05, 0) is 25.3 Å². The molecule has 1 atom stereocenters. The Morgan fingerprint density at radius 3 is 2.69 bits per heavy atom. The van der Waals surface area contributed by atoms with E-state index < -0.39 is 10.3 Å². The number of carbonyl (C=O) groups is 2. The Balaban J connectivity index is 2.30. The number of rotatable bonds is 6. The van der Waals surface area contributed by atoms with E-state index in [0.717, 1.165) is 10.6 Å². The molecule has 142 valence electrons. The van der Waals surface area contributed by atoms with Gasteiger partial charge < -0.3 is 9.64 Å². The predicted molar refractivity (Wildman–Crippen MR) is 99.3 cm³/mol. The molecule has 2 rings (SSSR count). The van der Waals surface area contributed by atoms with Crippen molar-refractivity contribution in [1.82, 2.24) is 4.90 Å². The highest BCUT2D eigenvalue weighted by Crippen LogP contribution is 2.34. The van der Waals surface area contributed by atoms with Gasteiger partial charge in [-0.3, -0.25) is 19.7 Å². The second-order valence-electron chi connectivity index (χ2n) is 7.17. The van der Waals surface area contributed by atoms with Gasteiger partial charge in [0.1, 0.15) is 0 Å². The van der Waals surface area contributed by atoms with Crippen LogP contribution >= 0.6 is 11.8 Å². The van der Waals surface area contributed by atoms with Crippen molar-refractivity contribution in [3.05, 3.63) is 33.9 Å². The highest BCUT2D eigenvalue weighted by atomic mass is 32.2. The summed E-state index contributed by atoms with van der Waals surface area (Å²) < 4.78 is 4.84. The molecule has 1 fully saturated rings. The summed E-state index contributed by atoms with van der Waals surface area (Å²) in [5, 5.41) is 11.1. The van der Waals surface area contributed by atoms with Crippen molar-refractivity contribution in [3.8, 4) is 0 Å². The van der Waals surface area contributed by atoms with E-state index in [-0.39, 0.29) is 24.1 Å². The van der Waals surface area contributed by atoms with Crippen molar-refractivity contribution in [1.29, 1.82) is 0 Å². The fourth-order valence-electron chi connectivity index (χ4n) is 2.90. The number of non-ortho nitro benzene ring substituents is 1. The maximum Gasteiger partial charge on any atom is 0.313 e. The molecule has 0 aromatic heterocycles. The number of ether oxygens (including phenoxy) is 1. The van der Waals surface area contributed by atoms with Gasteiger partial charge in [-0.2, -0.15) is 0 Å². The second-order valence-corrected chi connectivity index (χ2v) is 8.23. The number of likely N-dealkylation sites (tertiary alicyclic amines) is 1. The number of hydrogen-bond acceptors (Lipinski definition) is 6. The molecule has 1 aromatic rings. The van der Waals surface area contributed by atoms with E-state index >= 15 is 0 Å². The zero-order valence-corrected chi connectivity index (χ0v) is 16.3. The third-order valence-corrected chi connectivity index (χ3v) is 5.92. The molecule has 1 aliphatic rings. The molecule has 7 nitrogen and oxygen atoms in total. The Morgan fingerprint density at radius 1 is 1.42 bits per heavy atom. The van der Waals surface area contributed by atoms with Crippen LogP contribution in [0.15, 0.2) is 23.1 Å². The molecule has 0 spiro atoms. The highest BCUT2D eigenvalue weighted by molar-refractivity contribution is 7.99. The van der Waals surface area contributed by atoms with Gasteiger partial charge in [0.25, 0.3) is 11.6 Å². The van der Waals surface area contributed by atoms with Gasteiger partial charge in [-0.1, -0.05) is 13.8 Å². The summed E-state index contributed by atoms with van der Waals surface area (Å²) in [7, 11) is 1.33. The van der Waals surface area contributed by atoms with Crippen LogP contribution in [0.1, 0.15) is 37.6 Å². The number of thioether (sulfide) groups is 1. The first-order valence-corrected chi connectivity index (χ1v) is 9.45. The van der Waals surface area contributed by atoms with E-state index in [0.29, 0.717) is 24.4 Å². The van der Waals surface area contributed by atoms with Crippen LogP contribution in [0.3, 0.4) is 0 Å². The molecule has 0 saturated carbocycles. The number of hydrogen-bond donors (Lipinski definition) is 0. The Kier molecular flexibility index (Phi) is 6.28. The van der Waals surface area contributed by atoms with Gasteiger partial charge in [0, 0.05) is 35.9 Å². The monoisotopic (exact) mass is 380 g/mol. The van der Waals surface area contributed by atoms with Gasteiger partial charge in [0.05, 0.1) is 23.0 Å². The Bertz CT molecular complexity index is 722. The second kappa shape index (κ2) is 8.07. The number of nitrogens with zero attached hydrogens (tertiary/aromatic N) is 2. The van der Waals surface area contributed by atoms with Crippen LogP contribution in [0.5, 0.6) is 0 Å². The lowest BCUT2D eigenvalue weighted by atomic mass is 9.90. The normalized spacial score (nSPS) is 19.7. The average molecular weight is 380 g/mol. The minimum atomic E-state index is -0.740. The van der Waals surface area contributed by atoms with Crippen molar-refractivity contribution in [3.63, 3.8) is 0 Å². The molecule has 26 heavy (non-hydrogen) atoms. The minimum Gasteiger partial charge on any atom is -0.469 e. The molecule has 0 N–H and O–H groups in total. The molecule has 8 heteroatoms. The fraction of sp³-hybridized carbons (Fsp3) is 0.556. The van der Waals surface area contributed by atoms with Crippen LogP contribution in [0.25, 0.3) is 0 Å². The molecule has 1 heterocycles. The Labute approximate surface area is 157 Å². The summed E-state index contributed by atoms with van der Waals surface area (Å²) in [6, 6.07) is 4.38. The molecular formula is C18H24N2O5S. The lowest BCUT2D eigenvalue weighted by Gasteiger charge is -2.22. The maximum atomic E-state index is 13.0. The number of amides is 1. The summed E-state index contributed by atoms with van der Waals surface area (Å²) in [6.45, 7) is 6.58. The third-order valence-electron chi connectivity index (χ3n) is 4.42. The van der Waals surface area contributed by atoms with E-state index in [2.05, 4.69) is 13.8 Å². The smallest absolute Gasteiger partial charge is 0.313 e. The summed E-state index contributed by atoms with van der Waals surface area (Å²) in [5.41, 5.74) is -0.535. The SMILES string of the molecule is COC(=O)[C@]1(C)CCN(C(=O)c2cc([N+](=O)[O-])ccc2SCC(C)C)C1. The van der Waals surface area contributed by atoms with Crippen LogP contribution in [0.2, 0.25) is 0 Å². The molecule has 1 amide bonds. The first-order valence-electron chi connectivity index (χ1n) is 8.47. The molecule has 0 radical (unpaired) electrons. The van der Waals surface area contributed by atoms with Gasteiger partial charge in [-0.15, -0.1) is 11.8 Å². The standard InChI is InChI=1S/C18H24N2O5S/c1-12(2)10-26-15-6-5-13(20(23)24)9-14(15)16(21)19-8-7-18(3,11-19)17(22)25-4/h5-6,9,12H,7-8,10-11H2,1-4H3/t18-/m1/s1. The van der Waals surface area contributed by atoms with E-state index in [1.54, 1.807) is 17.9 Å². The number of benzene rings is 1. The van der Waals surface area contributed by atoms with E-state index in [1.807, 2.05) is 0 Å². The molecule has 0 unspecified atom stereocenters. The summed E-state index contributed by atoms with van der Waals surface area (Å²) >= 11 is 1.51. The predicted octanol–water partition coefficient (Wildman–Crippen LogP) is 3.37. The highest BCUT2D eigenvalue weighted by Gasteiger charge is 2.43. The Hall–Kier alpha value is -2.09. The first kappa shape index (κ1) is 20.2. The molecule has 1 aliphatic heterocycles. The fourth-order valence-corrected chi connectivity index (χ4v) is 3.88. The van der Waals surface area contributed by atoms with Crippen molar-refractivity contribution in [2.45, 2.75) is 32.1 Å². The lowest BCUT2D eigenvalue weighted by Crippen LogP contribution is -2.35. The summed E-state index contributed by atoms with van der Waals surface area (Å²) in [6.07, 6.45) is 0.509. The minimum absolute atomic E-state index is 0.114. The van der Waals surface area contributed by atoms with Crippen molar-refractivity contribution < 1.29 is 19.2 Å². The topological polar surface area (TPSA) is 89.8 Å². The van der Waals surface area contributed by atoms with E-state index in [1.165, 1.54) is 31.0 Å². The van der Waals surface area contributed by atoms with Crippen LogP contribution in [-0.2, 0) is 9.53 Å². The molecule has 0 aliphatic carbocycles. The molecular weight excluding hydrogens is 356 g/mol. The van der Waals surface area contributed by atoms with Gasteiger partial charge >= 0.3 is 5.97 Å².